The van der Waals surface area contributed by atoms with Gasteiger partial charge in [-0.05, 0) is 24.5 Å². The summed E-state index contributed by atoms with van der Waals surface area (Å²) in [6, 6.07) is 3.11. The highest BCUT2D eigenvalue weighted by molar-refractivity contribution is 5.66. The Balaban J connectivity index is 2.74. The molecule has 2 N–H and O–H groups in total. The van der Waals surface area contributed by atoms with Crippen molar-refractivity contribution >= 4 is 11.7 Å². The summed E-state index contributed by atoms with van der Waals surface area (Å²) >= 11 is 0. The number of hydrogen-bond donors (Lipinski definition) is 2. The maximum Gasteiger partial charge on any atom is 0.305 e. The van der Waals surface area contributed by atoms with E-state index in [1.807, 2.05) is 0 Å². The topological polar surface area (TPSA) is 101 Å². The van der Waals surface area contributed by atoms with Gasteiger partial charge in [-0.1, -0.05) is 6.07 Å². The molecule has 0 aliphatic carbocycles. The maximum absolute atomic E-state index is 13.0. The third-order valence-corrected chi connectivity index (χ3v) is 2.42. The van der Waals surface area contributed by atoms with Gasteiger partial charge < -0.3 is 10.2 Å². The van der Waals surface area contributed by atoms with Gasteiger partial charge in [0, 0.05) is 12.5 Å². The standard InChI is InChI=1S/C11H12FNO5/c12-8-5-4-7(6-9(8)13(17)18)10(14)2-1-3-11(15)16/h4-6,10,14H,1-3H2,(H,15,16). The van der Waals surface area contributed by atoms with E-state index < -0.39 is 28.5 Å². The molecule has 0 radical (unpaired) electrons. The minimum Gasteiger partial charge on any atom is -0.481 e. The summed E-state index contributed by atoms with van der Waals surface area (Å²) < 4.78 is 13.0. The maximum atomic E-state index is 13.0. The van der Waals surface area contributed by atoms with E-state index in [4.69, 9.17) is 5.11 Å². The lowest BCUT2D eigenvalue weighted by atomic mass is 10.0. The molecule has 0 aliphatic heterocycles. The first-order chi connectivity index (χ1) is 8.41. The fourth-order valence-corrected chi connectivity index (χ4v) is 1.49. The molecule has 0 amide bonds. The molecule has 0 saturated heterocycles. The summed E-state index contributed by atoms with van der Waals surface area (Å²) in [5.41, 5.74) is -0.502. The van der Waals surface area contributed by atoms with E-state index >= 15 is 0 Å². The zero-order chi connectivity index (χ0) is 13.7. The number of aliphatic hydroxyl groups is 1. The second kappa shape index (κ2) is 6.06. The number of aliphatic carboxylic acids is 1. The molecule has 0 spiro atoms. The van der Waals surface area contributed by atoms with E-state index in [1.54, 1.807) is 0 Å². The smallest absolute Gasteiger partial charge is 0.305 e. The van der Waals surface area contributed by atoms with Crippen molar-refractivity contribution in [2.75, 3.05) is 0 Å². The lowest BCUT2D eigenvalue weighted by molar-refractivity contribution is -0.387. The van der Waals surface area contributed by atoms with Gasteiger partial charge in [-0.3, -0.25) is 14.9 Å². The number of nitrogens with zero attached hydrogens (tertiary/aromatic N) is 1. The normalized spacial score (nSPS) is 12.1. The van der Waals surface area contributed by atoms with Crippen LogP contribution in [0.2, 0.25) is 0 Å². The summed E-state index contributed by atoms with van der Waals surface area (Å²) in [7, 11) is 0. The Morgan fingerprint density at radius 2 is 2.17 bits per heavy atom. The molecule has 18 heavy (non-hydrogen) atoms. The van der Waals surface area contributed by atoms with Crippen LogP contribution in [0.4, 0.5) is 10.1 Å². The second-order valence-electron chi connectivity index (χ2n) is 3.77. The first kappa shape index (κ1) is 14.0. The molecule has 1 unspecified atom stereocenters. The van der Waals surface area contributed by atoms with Gasteiger partial charge in [-0.15, -0.1) is 0 Å². The molecule has 0 fully saturated rings. The zero-order valence-electron chi connectivity index (χ0n) is 9.38. The molecule has 0 bridgehead atoms. The molecule has 1 atom stereocenters. The largest absolute Gasteiger partial charge is 0.481 e. The summed E-state index contributed by atoms with van der Waals surface area (Å²) in [6.45, 7) is 0. The average molecular weight is 257 g/mol. The summed E-state index contributed by atoms with van der Waals surface area (Å²) in [6.07, 6.45) is -0.749. The van der Waals surface area contributed by atoms with Crippen LogP contribution in [-0.2, 0) is 4.79 Å². The Labute approximate surface area is 102 Å². The monoisotopic (exact) mass is 257 g/mol. The van der Waals surface area contributed by atoms with Gasteiger partial charge in [-0.25, -0.2) is 0 Å². The third-order valence-electron chi connectivity index (χ3n) is 2.42. The van der Waals surface area contributed by atoms with E-state index in [0.717, 1.165) is 12.1 Å². The van der Waals surface area contributed by atoms with Crippen LogP contribution in [0.5, 0.6) is 0 Å². The first-order valence-electron chi connectivity index (χ1n) is 5.25. The Bertz CT molecular complexity index is 463. The molecule has 6 nitrogen and oxygen atoms in total. The molecular weight excluding hydrogens is 245 g/mol. The van der Waals surface area contributed by atoms with Gasteiger partial charge in [0.1, 0.15) is 0 Å². The fraction of sp³-hybridized carbons (Fsp3) is 0.364. The number of nitro groups is 1. The van der Waals surface area contributed by atoms with Gasteiger partial charge in [0.15, 0.2) is 0 Å². The zero-order valence-corrected chi connectivity index (χ0v) is 9.38. The van der Waals surface area contributed by atoms with Crippen LogP contribution >= 0.6 is 0 Å². The molecule has 0 aromatic heterocycles. The number of rotatable bonds is 6. The van der Waals surface area contributed by atoms with Gasteiger partial charge in [0.05, 0.1) is 11.0 Å². The Morgan fingerprint density at radius 1 is 1.50 bits per heavy atom. The number of halogens is 1. The van der Waals surface area contributed by atoms with Crippen molar-refractivity contribution in [3.8, 4) is 0 Å². The van der Waals surface area contributed by atoms with Gasteiger partial charge >= 0.3 is 11.7 Å². The van der Waals surface area contributed by atoms with Crippen LogP contribution < -0.4 is 0 Å². The minimum absolute atomic E-state index is 0.0969. The lowest BCUT2D eigenvalue weighted by Gasteiger charge is -2.10. The highest BCUT2D eigenvalue weighted by Gasteiger charge is 2.17. The van der Waals surface area contributed by atoms with Crippen LogP contribution in [0.25, 0.3) is 0 Å². The van der Waals surface area contributed by atoms with Gasteiger partial charge in [0.2, 0.25) is 5.82 Å². The van der Waals surface area contributed by atoms with Crippen LogP contribution in [0.15, 0.2) is 18.2 Å². The fourth-order valence-electron chi connectivity index (χ4n) is 1.49. The number of carboxylic acid groups (broad SMARTS) is 1. The van der Waals surface area contributed by atoms with E-state index in [0.29, 0.717) is 0 Å². The highest BCUT2D eigenvalue weighted by Crippen LogP contribution is 2.25. The van der Waals surface area contributed by atoms with Crippen molar-refractivity contribution in [2.45, 2.75) is 25.4 Å². The van der Waals surface area contributed by atoms with Gasteiger partial charge in [0.25, 0.3) is 0 Å². The van der Waals surface area contributed by atoms with Gasteiger partial charge in [-0.2, -0.15) is 4.39 Å². The molecular formula is C11H12FNO5. The van der Waals surface area contributed by atoms with Crippen LogP contribution in [-0.4, -0.2) is 21.1 Å². The minimum atomic E-state index is -1.04. The Kier molecular flexibility index (Phi) is 4.73. The number of aliphatic hydroxyl groups excluding tert-OH is 1. The highest BCUT2D eigenvalue weighted by atomic mass is 19.1. The number of benzene rings is 1. The van der Waals surface area contributed by atoms with Crippen molar-refractivity contribution < 1.29 is 24.3 Å². The van der Waals surface area contributed by atoms with Crippen LogP contribution in [0, 0.1) is 15.9 Å². The van der Waals surface area contributed by atoms with E-state index in [1.165, 1.54) is 6.07 Å². The molecule has 1 aromatic rings. The van der Waals surface area contributed by atoms with Crippen molar-refractivity contribution in [1.29, 1.82) is 0 Å². The number of carboxylic acids is 1. The average Bonchev–Trinajstić information content (AvgIpc) is 2.28. The van der Waals surface area contributed by atoms with E-state index in [-0.39, 0.29) is 24.8 Å². The SMILES string of the molecule is O=C(O)CCCC(O)c1ccc(F)c([N+](=O)[O-])c1. The number of hydrogen-bond acceptors (Lipinski definition) is 4. The number of nitro benzene ring substituents is 1. The number of carbonyl (C=O) groups is 1. The van der Waals surface area contributed by atoms with Crippen LogP contribution in [0.3, 0.4) is 0 Å². The van der Waals surface area contributed by atoms with E-state index in [9.17, 15) is 24.4 Å². The van der Waals surface area contributed by atoms with E-state index in [2.05, 4.69) is 0 Å². The summed E-state index contributed by atoms with van der Waals surface area (Å²) in [5, 5.41) is 28.6. The first-order valence-corrected chi connectivity index (χ1v) is 5.25. The second-order valence-corrected chi connectivity index (χ2v) is 3.77. The summed E-state index contributed by atoms with van der Waals surface area (Å²) in [5.74, 6) is -1.95. The lowest BCUT2D eigenvalue weighted by Crippen LogP contribution is -2.02. The molecule has 7 heteroatoms. The quantitative estimate of drug-likeness (QED) is 0.599. The molecule has 1 rings (SSSR count). The Hall–Kier alpha value is -2.02. The predicted octanol–water partition coefficient (Wildman–Crippen LogP) is 2.02. The molecule has 0 heterocycles. The van der Waals surface area contributed by atoms with Crippen LogP contribution in [0.1, 0.15) is 30.9 Å². The molecule has 0 aliphatic rings. The van der Waals surface area contributed by atoms with Crippen molar-refractivity contribution in [2.24, 2.45) is 0 Å². The van der Waals surface area contributed by atoms with Crippen molar-refractivity contribution in [3.63, 3.8) is 0 Å². The molecule has 0 saturated carbocycles. The predicted molar refractivity (Wildman–Crippen MR) is 59.5 cm³/mol. The van der Waals surface area contributed by atoms with Crippen molar-refractivity contribution in [3.05, 3.63) is 39.7 Å². The molecule has 98 valence electrons. The van der Waals surface area contributed by atoms with Crippen molar-refractivity contribution in [1.82, 2.24) is 0 Å². The Morgan fingerprint density at radius 3 is 2.72 bits per heavy atom. The summed E-state index contributed by atoms with van der Waals surface area (Å²) in [4.78, 5) is 19.9. The molecule has 1 aromatic carbocycles. The third kappa shape index (κ3) is 3.77.